The lowest BCUT2D eigenvalue weighted by Crippen LogP contribution is -2.17. The van der Waals surface area contributed by atoms with E-state index in [1.807, 2.05) is 23.6 Å². The summed E-state index contributed by atoms with van der Waals surface area (Å²) < 4.78 is 6.12. The van der Waals surface area contributed by atoms with Gasteiger partial charge < -0.3 is 0 Å². The Morgan fingerprint density at radius 3 is 3.00 bits per heavy atom. The van der Waals surface area contributed by atoms with E-state index < -0.39 is 5.76 Å². The fourth-order valence-corrected chi connectivity index (χ4v) is 2.78. The molecule has 9 heteroatoms. The molecule has 4 rings (SSSR count). The predicted octanol–water partition coefficient (Wildman–Crippen LogP) is 1.79. The minimum absolute atomic E-state index is 0.173. The zero-order valence-electron chi connectivity index (χ0n) is 11.7. The second-order valence-corrected chi connectivity index (χ2v) is 5.60. The Hall–Kier alpha value is -3.07. The van der Waals surface area contributed by atoms with Gasteiger partial charge >= 0.3 is 5.76 Å². The van der Waals surface area contributed by atoms with Crippen LogP contribution in [-0.2, 0) is 6.54 Å². The molecule has 4 heterocycles. The van der Waals surface area contributed by atoms with E-state index >= 15 is 0 Å². The largest absolute Gasteiger partial charge is 0.442 e. The summed E-state index contributed by atoms with van der Waals surface area (Å²) in [5.74, 6) is 0.916. The minimum Gasteiger partial charge on any atom is -0.295 e. The van der Waals surface area contributed by atoms with E-state index in [2.05, 4.69) is 25.3 Å². The quantitative estimate of drug-likeness (QED) is 0.613. The van der Waals surface area contributed by atoms with E-state index in [-0.39, 0.29) is 6.54 Å². The molecule has 23 heavy (non-hydrogen) atoms. The smallest absolute Gasteiger partial charge is 0.295 e. The monoisotopic (exact) mass is 326 g/mol. The van der Waals surface area contributed by atoms with Gasteiger partial charge in [0.25, 0.3) is 0 Å². The zero-order valence-corrected chi connectivity index (χ0v) is 12.5. The summed E-state index contributed by atoms with van der Waals surface area (Å²) in [6, 6.07) is 9.22. The Kier molecular flexibility index (Phi) is 3.31. The van der Waals surface area contributed by atoms with Gasteiger partial charge in [0.2, 0.25) is 5.82 Å². The highest BCUT2D eigenvalue weighted by atomic mass is 32.1. The summed E-state index contributed by atoms with van der Waals surface area (Å²) in [5, 5.41) is 12.7. The molecule has 0 saturated heterocycles. The molecule has 0 aliphatic heterocycles. The lowest BCUT2D eigenvalue weighted by atomic mass is 10.3. The van der Waals surface area contributed by atoms with Crippen LogP contribution in [0.15, 0.2) is 51.2 Å². The van der Waals surface area contributed by atoms with E-state index in [1.54, 1.807) is 29.7 Å². The van der Waals surface area contributed by atoms with Gasteiger partial charge in [-0.25, -0.2) is 14.3 Å². The Labute approximate surface area is 133 Å². The fourth-order valence-electron chi connectivity index (χ4n) is 2.12. The third-order valence-corrected chi connectivity index (χ3v) is 4.03. The van der Waals surface area contributed by atoms with Crippen LogP contribution in [0, 0.1) is 0 Å². The molecule has 4 aromatic heterocycles. The molecule has 0 aliphatic carbocycles. The van der Waals surface area contributed by atoms with Crippen LogP contribution in [0.5, 0.6) is 0 Å². The van der Waals surface area contributed by atoms with Crippen LogP contribution in [0.2, 0.25) is 0 Å². The predicted molar refractivity (Wildman–Crippen MR) is 82.8 cm³/mol. The van der Waals surface area contributed by atoms with Crippen molar-refractivity contribution in [3.63, 3.8) is 0 Å². The highest BCUT2D eigenvalue weighted by molar-refractivity contribution is 7.13. The van der Waals surface area contributed by atoms with E-state index in [9.17, 15) is 4.79 Å². The molecule has 8 nitrogen and oxygen atoms in total. The molecule has 0 aromatic carbocycles. The molecule has 0 aliphatic rings. The van der Waals surface area contributed by atoms with Crippen LogP contribution in [0.3, 0.4) is 0 Å². The van der Waals surface area contributed by atoms with E-state index in [0.717, 1.165) is 4.88 Å². The van der Waals surface area contributed by atoms with Crippen LogP contribution in [0.25, 0.3) is 22.2 Å². The number of nitrogens with zero attached hydrogens (tertiary/aromatic N) is 5. The molecule has 4 aromatic rings. The van der Waals surface area contributed by atoms with E-state index in [1.165, 1.54) is 4.57 Å². The third-order valence-electron chi connectivity index (χ3n) is 3.16. The molecule has 114 valence electrons. The minimum atomic E-state index is -0.570. The Morgan fingerprint density at radius 1 is 1.26 bits per heavy atom. The van der Waals surface area contributed by atoms with Gasteiger partial charge in [0.05, 0.1) is 11.4 Å². The number of aromatic nitrogens is 6. The number of aromatic amines is 1. The molecule has 0 saturated carbocycles. The maximum absolute atomic E-state index is 11.9. The van der Waals surface area contributed by atoms with Crippen LogP contribution >= 0.6 is 11.3 Å². The molecule has 0 unspecified atom stereocenters. The first-order valence-electron chi connectivity index (χ1n) is 6.74. The van der Waals surface area contributed by atoms with Crippen molar-refractivity contribution in [2.24, 2.45) is 0 Å². The Balaban J connectivity index is 1.68. The fraction of sp³-hybridized carbons (Fsp3) is 0.0714. The molecule has 0 radical (unpaired) electrons. The van der Waals surface area contributed by atoms with Gasteiger partial charge in [-0.3, -0.25) is 14.6 Å². The van der Waals surface area contributed by atoms with Gasteiger partial charge in [-0.1, -0.05) is 17.3 Å². The first kappa shape index (κ1) is 13.6. The van der Waals surface area contributed by atoms with Gasteiger partial charge in [0, 0.05) is 6.20 Å². The standard InChI is InChI=1S/C14H10N6O2S/c21-14-20(13(19-22-14)9-4-1-2-6-15-9)8-11-16-12(18-17-11)10-5-3-7-23-10/h1-7H,8H2,(H,16,17,18). The summed E-state index contributed by atoms with van der Waals surface area (Å²) in [5.41, 5.74) is 0.552. The van der Waals surface area contributed by atoms with Crippen molar-refractivity contribution < 1.29 is 4.52 Å². The van der Waals surface area contributed by atoms with Crippen molar-refractivity contribution >= 4 is 11.3 Å². The number of nitrogens with one attached hydrogen (secondary N) is 1. The van der Waals surface area contributed by atoms with Crippen LogP contribution < -0.4 is 5.76 Å². The maximum Gasteiger partial charge on any atom is 0.442 e. The number of pyridine rings is 1. The van der Waals surface area contributed by atoms with Gasteiger partial charge in [-0.15, -0.1) is 11.3 Å². The van der Waals surface area contributed by atoms with Crippen molar-refractivity contribution in [1.82, 2.24) is 29.9 Å². The van der Waals surface area contributed by atoms with Crippen LogP contribution in [0.4, 0.5) is 0 Å². The van der Waals surface area contributed by atoms with E-state index in [0.29, 0.717) is 23.2 Å². The molecular formula is C14H10N6O2S. The van der Waals surface area contributed by atoms with Crippen molar-refractivity contribution in [3.8, 4) is 22.2 Å². The van der Waals surface area contributed by atoms with Gasteiger partial charge in [-0.05, 0) is 23.6 Å². The van der Waals surface area contributed by atoms with Crippen molar-refractivity contribution in [2.75, 3.05) is 0 Å². The lowest BCUT2D eigenvalue weighted by molar-refractivity contribution is 0.377. The summed E-state index contributed by atoms with van der Waals surface area (Å²) in [6.07, 6.45) is 1.63. The Morgan fingerprint density at radius 2 is 2.22 bits per heavy atom. The van der Waals surface area contributed by atoms with Gasteiger partial charge in [-0.2, -0.15) is 5.10 Å². The maximum atomic E-state index is 11.9. The van der Waals surface area contributed by atoms with Gasteiger partial charge in [0.1, 0.15) is 11.5 Å². The lowest BCUT2D eigenvalue weighted by Gasteiger charge is -2.00. The summed E-state index contributed by atoms with van der Waals surface area (Å²) in [6.45, 7) is 0.173. The molecule has 0 atom stereocenters. The second kappa shape index (κ2) is 5.61. The zero-order chi connectivity index (χ0) is 15.6. The molecule has 1 N–H and O–H groups in total. The van der Waals surface area contributed by atoms with E-state index in [4.69, 9.17) is 4.52 Å². The van der Waals surface area contributed by atoms with Crippen molar-refractivity contribution in [1.29, 1.82) is 0 Å². The molecule has 0 spiro atoms. The van der Waals surface area contributed by atoms with Crippen LogP contribution in [0.1, 0.15) is 5.82 Å². The summed E-state index contributed by atoms with van der Waals surface area (Å²) in [4.78, 5) is 21.4. The highest BCUT2D eigenvalue weighted by Gasteiger charge is 2.16. The first-order valence-corrected chi connectivity index (χ1v) is 7.62. The summed E-state index contributed by atoms with van der Waals surface area (Å²) >= 11 is 1.55. The average molecular weight is 326 g/mol. The van der Waals surface area contributed by atoms with Crippen molar-refractivity contribution in [2.45, 2.75) is 6.54 Å². The molecule has 0 bridgehead atoms. The third kappa shape index (κ3) is 2.57. The number of thiophene rings is 1. The molecule has 0 fully saturated rings. The Bertz CT molecular complexity index is 970. The number of hydrogen-bond acceptors (Lipinski definition) is 7. The normalized spacial score (nSPS) is 11.0. The number of H-pyrrole nitrogens is 1. The second-order valence-electron chi connectivity index (χ2n) is 4.66. The highest BCUT2D eigenvalue weighted by Crippen LogP contribution is 2.20. The van der Waals surface area contributed by atoms with Gasteiger partial charge in [0.15, 0.2) is 5.82 Å². The number of hydrogen-bond donors (Lipinski definition) is 1. The SMILES string of the molecule is O=c1onc(-c2ccccn2)n1Cc1nc(-c2cccs2)n[nH]1. The molecule has 0 amide bonds. The average Bonchev–Trinajstić information content (AvgIpc) is 3.31. The van der Waals surface area contributed by atoms with Crippen LogP contribution in [-0.4, -0.2) is 29.9 Å². The van der Waals surface area contributed by atoms with Crippen molar-refractivity contribution in [3.05, 3.63) is 58.3 Å². The summed E-state index contributed by atoms with van der Waals surface area (Å²) in [7, 11) is 0. The number of rotatable bonds is 4. The first-order chi connectivity index (χ1) is 11.3. The topological polar surface area (TPSA) is 102 Å². The molecular weight excluding hydrogens is 316 g/mol.